The Morgan fingerprint density at radius 1 is 0.842 bits per heavy atom. The van der Waals surface area contributed by atoms with E-state index < -0.39 is 0 Å². The molecule has 0 atom stereocenters. The minimum atomic E-state index is 0.536. The molecule has 3 aromatic rings. The SMILES string of the molecule is Clc1cccc(-c2sc(Cl)nc2-c2ccccc2)c1. The van der Waals surface area contributed by atoms with Crippen molar-refractivity contribution in [1.82, 2.24) is 4.98 Å². The van der Waals surface area contributed by atoms with Gasteiger partial charge in [0.25, 0.3) is 0 Å². The average Bonchev–Trinajstić information content (AvgIpc) is 2.82. The molecular formula is C15H9Cl2NS. The fourth-order valence-electron chi connectivity index (χ4n) is 1.91. The van der Waals surface area contributed by atoms with Crippen LogP contribution in [0.2, 0.25) is 9.49 Å². The van der Waals surface area contributed by atoms with Gasteiger partial charge in [-0.25, -0.2) is 4.98 Å². The van der Waals surface area contributed by atoms with Crippen LogP contribution in [0.3, 0.4) is 0 Å². The van der Waals surface area contributed by atoms with Crippen LogP contribution in [0.1, 0.15) is 0 Å². The summed E-state index contributed by atoms with van der Waals surface area (Å²) in [5.41, 5.74) is 2.99. The number of hydrogen-bond acceptors (Lipinski definition) is 2. The standard InChI is InChI=1S/C15H9Cl2NS/c16-12-8-4-7-11(9-12)14-13(18-15(17)19-14)10-5-2-1-3-6-10/h1-9H. The number of halogens is 2. The molecule has 0 bridgehead atoms. The van der Waals surface area contributed by atoms with E-state index in [0.29, 0.717) is 9.49 Å². The lowest BCUT2D eigenvalue weighted by atomic mass is 10.1. The van der Waals surface area contributed by atoms with E-state index in [2.05, 4.69) is 4.98 Å². The molecule has 0 aliphatic heterocycles. The molecule has 1 nitrogen and oxygen atoms in total. The lowest BCUT2D eigenvalue weighted by Gasteiger charge is -2.03. The highest BCUT2D eigenvalue weighted by Crippen LogP contribution is 2.39. The van der Waals surface area contributed by atoms with E-state index in [-0.39, 0.29) is 0 Å². The van der Waals surface area contributed by atoms with Crippen LogP contribution < -0.4 is 0 Å². The highest BCUT2D eigenvalue weighted by atomic mass is 35.5. The predicted molar refractivity (Wildman–Crippen MR) is 83.0 cm³/mol. The molecule has 1 heterocycles. The fraction of sp³-hybridized carbons (Fsp3) is 0. The van der Waals surface area contributed by atoms with Gasteiger partial charge in [0.2, 0.25) is 0 Å². The first-order chi connectivity index (χ1) is 9.24. The second-order valence-electron chi connectivity index (χ2n) is 4.02. The third-order valence-corrected chi connectivity index (χ3v) is 4.18. The molecule has 2 aromatic carbocycles. The number of rotatable bonds is 2. The van der Waals surface area contributed by atoms with E-state index in [9.17, 15) is 0 Å². The number of hydrogen-bond donors (Lipinski definition) is 0. The van der Waals surface area contributed by atoms with Gasteiger partial charge in [-0.1, -0.05) is 65.7 Å². The van der Waals surface area contributed by atoms with Crippen LogP contribution in [-0.2, 0) is 0 Å². The molecule has 0 N–H and O–H groups in total. The van der Waals surface area contributed by atoms with Crippen molar-refractivity contribution in [2.24, 2.45) is 0 Å². The lowest BCUT2D eigenvalue weighted by Crippen LogP contribution is -1.81. The van der Waals surface area contributed by atoms with Gasteiger partial charge >= 0.3 is 0 Å². The van der Waals surface area contributed by atoms with Crippen LogP contribution in [0.5, 0.6) is 0 Å². The van der Waals surface area contributed by atoms with Gasteiger partial charge in [0.1, 0.15) is 0 Å². The summed E-state index contributed by atoms with van der Waals surface area (Å²) in [6, 6.07) is 17.8. The zero-order valence-electron chi connectivity index (χ0n) is 9.81. The summed E-state index contributed by atoms with van der Waals surface area (Å²) in [6.45, 7) is 0. The molecule has 0 saturated heterocycles. The second kappa shape index (κ2) is 5.33. The van der Waals surface area contributed by atoms with E-state index >= 15 is 0 Å². The van der Waals surface area contributed by atoms with Gasteiger partial charge in [-0.2, -0.15) is 0 Å². The topological polar surface area (TPSA) is 12.9 Å². The quantitative estimate of drug-likeness (QED) is 0.584. The number of aromatic nitrogens is 1. The largest absolute Gasteiger partial charge is 0.224 e. The van der Waals surface area contributed by atoms with Crippen LogP contribution in [0.15, 0.2) is 54.6 Å². The van der Waals surface area contributed by atoms with Crippen LogP contribution >= 0.6 is 34.5 Å². The molecule has 0 amide bonds. The van der Waals surface area contributed by atoms with Crippen LogP contribution in [0.25, 0.3) is 21.7 Å². The first-order valence-electron chi connectivity index (χ1n) is 5.72. The van der Waals surface area contributed by atoms with Gasteiger partial charge < -0.3 is 0 Å². The molecule has 94 valence electrons. The number of nitrogens with zero attached hydrogens (tertiary/aromatic N) is 1. The third-order valence-electron chi connectivity index (χ3n) is 2.74. The van der Waals surface area contributed by atoms with E-state index in [1.165, 1.54) is 11.3 Å². The van der Waals surface area contributed by atoms with E-state index in [1.54, 1.807) is 0 Å². The zero-order valence-corrected chi connectivity index (χ0v) is 12.1. The van der Waals surface area contributed by atoms with Crippen molar-refractivity contribution in [3.05, 3.63) is 64.1 Å². The van der Waals surface area contributed by atoms with E-state index in [0.717, 1.165) is 21.7 Å². The maximum Gasteiger partial charge on any atom is 0.184 e. The van der Waals surface area contributed by atoms with E-state index in [1.807, 2.05) is 54.6 Å². The van der Waals surface area contributed by atoms with Gasteiger partial charge in [-0.05, 0) is 17.7 Å². The van der Waals surface area contributed by atoms with Crippen molar-refractivity contribution in [1.29, 1.82) is 0 Å². The highest BCUT2D eigenvalue weighted by Gasteiger charge is 2.13. The Balaban J connectivity index is 2.18. The third kappa shape index (κ3) is 2.66. The van der Waals surface area contributed by atoms with Crippen molar-refractivity contribution in [3.8, 4) is 21.7 Å². The highest BCUT2D eigenvalue weighted by molar-refractivity contribution is 7.19. The summed E-state index contributed by atoms with van der Waals surface area (Å²) >= 11 is 13.6. The van der Waals surface area contributed by atoms with Crippen LogP contribution in [0, 0.1) is 0 Å². The number of thiazole rings is 1. The van der Waals surface area contributed by atoms with Crippen molar-refractivity contribution >= 4 is 34.5 Å². The Bertz CT molecular complexity index is 707. The minimum absolute atomic E-state index is 0.536. The maximum atomic E-state index is 6.08. The smallest absolute Gasteiger partial charge is 0.184 e. The molecule has 0 radical (unpaired) electrons. The zero-order chi connectivity index (χ0) is 13.2. The Kier molecular flexibility index (Phi) is 3.56. The molecule has 0 fully saturated rings. The first kappa shape index (κ1) is 12.7. The summed E-state index contributed by atoms with van der Waals surface area (Å²) in [7, 11) is 0. The summed E-state index contributed by atoms with van der Waals surface area (Å²) in [4.78, 5) is 5.47. The summed E-state index contributed by atoms with van der Waals surface area (Å²) < 4.78 is 0.536. The molecular weight excluding hydrogens is 297 g/mol. The van der Waals surface area contributed by atoms with Gasteiger partial charge in [-0.3, -0.25) is 0 Å². The van der Waals surface area contributed by atoms with Gasteiger partial charge in [0, 0.05) is 10.6 Å². The molecule has 0 unspecified atom stereocenters. The lowest BCUT2D eigenvalue weighted by molar-refractivity contribution is 1.41. The Labute approximate surface area is 125 Å². The average molecular weight is 306 g/mol. The Morgan fingerprint density at radius 2 is 1.58 bits per heavy atom. The maximum absolute atomic E-state index is 6.08. The summed E-state index contributed by atoms with van der Waals surface area (Å²) in [5.74, 6) is 0. The minimum Gasteiger partial charge on any atom is -0.224 e. The number of benzene rings is 2. The van der Waals surface area contributed by atoms with Gasteiger partial charge in [0.15, 0.2) is 4.47 Å². The molecule has 3 rings (SSSR count). The Morgan fingerprint density at radius 3 is 2.32 bits per heavy atom. The molecule has 0 spiro atoms. The van der Waals surface area contributed by atoms with Gasteiger partial charge in [0.05, 0.1) is 10.6 Å². The molecule has 4 heteroatoms. The molecule has 19 heavy (non-hydrogen) atoms. The summed E-state index contributed by atoms with van der Waals surface area (Å²) in [5, 5.41) is 0.709. The van der Waals surface area contributed by atoms with Crippen LogP contribution in [0.4, 0.5) is 0 Å². The molecule has 0 aliphatic carbocycles. The van der Waals surface area contributed by atoms with Crippen molar-refractivity contribution in [2.75, 3.05) is 0 Å². The molecule has 1 aromatic heterocycles. The molecule has 0 saturated carbocycles. The molecule has 0 aliphatic rings. The monoisotopic (exact) mass is 305 g/mol. The second-order valence-corrected chi connectivity index (χ2v) is 6.04. The van der Waals surface area contributed by atoms with Crippen LogP contribution in [-0.4, -0.2) is 4.98 Å². The van der Waals surface area contributed by atoms with Crippen molar-refractivity contribution in [3.63, 3.8) is 0 Å². The fourth-order valence-corrected chi connectivity index (χ4v) is 3.23. The summed E-state index contributed by atoms with van der Waals surface area (Å²) in [6.07, 6.45) is 0. The Hall–Kier alpha value is -1.35. The van der Waals surface area contributed by atoms with Crippen molar-refractivity contribution < 1.29 is 0 Å². The van der Waals surface area contributed by atoms with Gasteiger partial charge in [-0.15, -0.1) is 11.3 Å². The predicted octanol–water partition coefficient (Wildman–Crippen LogP) is 5.78. The van der Waals surface area contributed by atoms with E-state index in [4.69, 9.17) is 23.2 Å². The van der Waals surface area contributed by atoms with Crippen molar-refractivity contribution in [2.45, 2.75) is 0 Å². The first-order valence-corrected chi connectivity index (χ1v) is 7.29. The normalized spacial score (nSPS) is 10.6.